The van der Waals surface area contributed by atoms with Crippen LogP contribution in [0.5, 0.6) is 11.5 Å². The smallest absolute Gasteiger partial charge is 0.277 e. The number of rotatable bonds is 6. The van der Waals surface area contributed by atoms with E-state index in [1.54, 1.807) is 30.3 Å². The summed E-state index contributed by atoms with van der Waals surface area (Å²) in [5.41, 5.74) is 1.52. The van der Waals surface area contributed by atoms with Gasteiger partial charge in [0.25, 0.3) is 5.22 Å². The van der Waals surface area contributed by atoms with Crippen molar-refractivity contribution in [2.75, 3.05) is 12.5 Å². The number of thioether (sulfide) groups is 1. The maximum Gasteiger partial charge on any atom is 0.277 e. The zero-order chi connectivity index (χ0) is 18.6. The highest BCUT2D eigenvalue weighted by molar-refractivity contribution is 7.99. The molecule has 4 rings (SSSR count). The predicted molar refractivity (Wildman–Crippen MR) is 94.8 cm³/mol. The van der Waals surface area contributed by atoms with Crippen molar-refractivity contribution in [3.05, 3.63) is 53.8 Å². The maximum absolute atomic E-state index is 12.9. The number of carbonyl (C=O) groups is 1. The van der Waals surface area contributed by atoms with E-state index in [0.717, 1.165) is 17.3 Å². The Hall–Kier alpha value is -3.07. The minimum absolute atomic E-state index is 0.129. The van der Waals surface area contributed by atoms with Gasteiger partial charge in [0.15, 0.2) is 11.5 Å². The Kier molecular flexibility index (Phi) is 4.93. The van der Waals surface area contributed by atoms with Crippen LogP contribution in [-0.2, 0) is 11.3 Å². The average molecular weight is 387 g/mol. The number of nitrogens with zero attached hydrogens (tertiary/aromatic N) is 2. The molecule has 3 aromatic rings. The molecule has 0 spiro atoms. The molecule has 2 aromatic carbocycles. The van der Waals surface area contributed by atoms with Crippen LogP contribution >= 0.6 is 11.8 Å². The molecule has 1 aromatic heterocycles. The summed E-state index contributed by atoms with van der Waals surface area (Å²) in [4.78, 5) is 11.9. The summed E-state index contributed by atoms with van der Waals surface area (Å²) in [5.74, 6) is 1.26. The van der Waals surface area contributed by atoms with Crippen molar-refractivity contribution in [3.63, 3.8) is 0 Å². The highest BCUT2D eigenvalue weighted by Crippen LogP contribution is 2.35. The molecule has 1 aliphatic rings. The van der Waals surface area contributed by atoms with Gasteiger partial charge >= 0.3 is 0 Å². The zero-order valence-corrected chi connectivity index (χ0v) is 14.8. The van der Waals surface area contributed by atoms with Crippen LogP contribution in [0.1, 0.15) is 5.56 Å². The first-order valence-corrected chi connectivity index (χ1v) is 9.03. The van der Waals surface area contributed by atoms with Gasteiger partial charge < -0.3 is 19.2 Å². The molecule has 0 atom stereocenters. The molecule has 9 heteroatoms. The molecule has 27 heavy (non-hydrogen) atoms. The van der Waals surface area contributed by atoms with E-state index in [1.165, 1.54) is 12.1 Å². The van der Waals surface area contributed by atoms with Gasteiger partial charge in [-0.1, -0.05) is 23.9 Å². The Balaban J connectivity index is 1.30. The lowest BCUT2D eigenvalue weighted by Crippen LogP contribution is -2.24. The number of carbonyl (C=O) groups excluding carboxylic acids is 1. The molecule has 7 nitrogen and oxygen atoms in total. The fraction of sp³-hybridized carbons (Fsp3) is 0.167. The molecule has 0 radical (unpaired) electrons. The van der Waals surface area contributed by atoms with Gasteiger partial charge in [-0.25, -0.2) is 4.39 Å². The number of nitrogens with one attached hydrogen (secondary N) is 1. The highest BCUT2D eigenvalue weighted by atomic mass is 32.2. The number of aromatic nitrogens is 2. The van der Waals surface area contributed by atoms with Crippen LogP contribution in [0.15, 0.2) is 52.1 Å². The van der Waals surface area contributed by atoms with E-state index < -0.39 is 0 Å². The molecule has 1 N–H and O–H groups in total. The Labute approximate surface area is 157 Å². The lowest BCUT2D eigenvalue weighted by molar-refractivity contribution is -0.118. The van der Waals surface area contributed by atoms with Gasteiger partial charge in [0.05, 0.1) is 5.75 Å². The minimum Gasteiger partial charge on any atom is -0.454 e. The van der Waals surface area contributed by atoms with Crippen molar-refractivity contribution in [1.29, 1.82) is 0 Å². The van der Waals surface area contributed by atoms with Crippen LogP contribution in [0.2, 0.25) is 0 Å². The van der Waals surface area contributed by atoms with Gasteiger partial charge in [-0.15, -0.1) is 10.2 Å². The van der Waals surface area contributed by atoms with E-state index in [4.69, 9.17) is 13.9 Å². The van der Waals surface area contributed by atoms with Gasteiger partial charge in [0, 0.05) is 12.1 Å². The molecule has 0 saturated heterocycles. The van der Waals surface area contributed by atoms with Crippen molar-refractivity contribution in [2.24, 2.45) is 0 Å². The minimum atomic E-state index is -0.310. The fourth-order valence-corrected chi connectivity index (χ4v) is 2.99. The molecule has 0 unspecified atom stereocenters. The summed E-state index contributed by atoms with van der Waals surface area (Å²) in [5, 5.41) is 11.0. The molecule has 0 bridgehead atoms. The number of hydrogen-bond donors (Lipinski definition) is 1. The normalized spacial score (nSPS) is 12.2. The molecule has 1 amide bonds. The van der Waals surface area contributed by atoms with E-state index in [9.17, 15) is 9.18 Å². The third kappa shape index (κ3) is 4.20. The van der Waals surface area contributed by atoms with Crippen LogP contribution in [0.25, 0.3) is 11.5 Å². The van der Waals surface area contributed by atoms with Crippen molar-refractivity contribution in [2.45, 2.75) is 11.8 Å². The van der Waals surface area contributed by atoms with Crippen molar-refractivity contribution in [1.82, 2.24) is 15.5 Å². The first kappa shape index (κ1) is 17.3. The van der Waals surface area contributed by atoms with Crippen molar-refractivity contribution in [3.8, 4) is 23.0 Å². The molecule has 0 fully saturated rings. The number of benzene rings is 2. The second kappa shape index (κ2) is 7.67. The Morgan fingerprint density at radius 2 is 1.93 bits per heavy atom. The molecule has 0 saturated carbocycles. The highest BCUT2D eigenvalue weighted by Gasteiger charge is 2.17. The van der Waals surface area contributed by atoms with Gasteiger partial charge in [-0.2, -0.15) is 0 Å². The van der Waals surface area contributed by atoms with E-state index in [2.05, 4.69) is 15.5 Å². The van der Waals surface area contributed by atoms with Crippen LogP contribution in [0, 0.1) is 5.82 Å². The van der Waals surface area contributed by atoms with E-state index >= 15 is 0 Å². The summed E-state index contributed by atoms with van der Waals surface area (Å²) in [7, 11) is 0. The molecule has 1 aliphatic heterocycles. The molecule has 0 aliphatic carbocycles. The van der Waals surface area contributed by atoms with Gasteiger partial charge in [-0.05, 0) is 35.9 Å². The molecule has 2 heterocycles. The Morgan fingerprint density at radius 1 is 1.11 bits per heavy atom. The van der Waals surface area contributed by atoms with Gasteiger partial charge in [0.1, 0.15) is 5.82 Å². The zero-order valence-electron chi connectivity index (χ0n) is 14.0. The summed E-state index contributed by atoms with van der Waals surface area (Å²) >= 11 is 1.14. The number of ether oxygens (including phenoxy) is 2. The number of amides is 1. The quantitative estimate of drug-likeness (QED) is 0.651. The second-order valence-corrected chi connectivity index (χ2v) is 6.56. The summed E-state index contributed by atoms with van der Waals surface area (Å²) in [6.45, 7) is 0.517. The van der Waals surface area contributed by atoms with Gasteiger partial charge in [-0.3, -0.25) is 4.79 Å². The van der Waals surface area contributed by atoms with Crippen LogP contribution in [-0.4, -0.2) is 28.7 Å². The van der Waals surface area contributed by atoms with E-state index in [0.29, 0.717) is 34.7 Å². The number of fused-ring (bicyclic) bond motifs is 1. The summed E-state index contributed by atoms with van der Waals surface area (Å²) in [6.07, 6.45) is 0. The Bertz CT molecular complexity index is 961. The number of halogens is 1. The molecular formula is C18H14FN3O4S. The molecule has 138 valence electrons. The van der Waals surface area contributed by atoms with Gasteiger partial charge in [0.2, 0.25) is 18.6 Å². The van der Waals surface area contributed by atoms with Crippen LogP contribution < -0.4 is 14.8 Å². The van der Waals surface area contributed by atoms with Crippen molar-refractivity contribution >= 4 is 17.7 Å². The number of hydrogen-bond acceptors (Lipinski definition) is 7. The SMILES string of the molecule is O=C(CSc1nnc(-c2ccc3c(c2)OCO3)o1)NCc1ccc(F)cc1. The monoisotopic (exact) mass is 387 g/mol. The third-order valence-electron chi connectivity index (χ3n) is 3.76. The van der Waals surface area contributed by atoms with Crippen molar-refractivity contribution < 1.29 is 23.1 Å². The van der Waals surface area contributed by atoms with E-state index in [-0.39, 0.29) is 24.3 Å². The molecular weight excluding hydrogens is 373 g/mol. The van der Waals surface area contributed by atoms with E-state index in [1.807, 2.05) is 0 Å². The average Bonchev–Trinajstić information content (AvgIpc) is 3.34. The van der Waals surface area contributed by atoms with Crippen LogP contribution in [0.3, 0.4) is 0 Å². The van der Waals surface area contributed by atoms with Crippen LogP contribution in [0.4, 0.5) is 4.39 Å². The predicted octanol–water partition coefficient (Wildman–Crippen LogP) is 3.01. The third-order valence-corrected chi connectivity index (χ3v) is 4.57. The lowest BCUT2D eigenvalue weighted by atomic mass is 10.2. The largest absolute Gasteiger partial charge is 0.454 e. The topological polar surface area (TPSA) is 86.5 Å². The summed E-state index contributed by atoms with van der Waals surface area (Å²) in [6, 6.07) is 11.3. The first-order valence-electron chi connectivity index (χ1n) is 8.05. The Morgan fingerprint density at radius 3 is 2.78 bits per heavy atom. The lowest BCUT2D eigenvalue weighted by Gasteiger charge is -2.04. The second-order valence-electron chi connectivity index (χ2n) is 5.63. The summed E-state index contributed by atoms with van der Waals surface area (Å²) < 4.78 is 29.0. The first-order chi connectivity index (χ1) is 13.2. The fourth-order valence-electron chi connectivity index (χ4n) is 2.40. The standard InChI is InChI=1S/C18H14FN3O4S/c19-13-4-1-11(2-5-13)8-20-16(23)9-27-18-22-21-17(26-18)12-3-6-14-15(7-12)25-10-24-14/h1-7H,8-10H2,(H,20,23). The maximum atomic E-state index is 12.9.